The third kappa shape index (κ3) is 2.91. The number of carbonyl (C=O) groups excluding carboxylic acids is 1. The van der Waals surface area contributed by atoms with Crippen LogP contribution in [0.25, 0.3) is 22.7 Å². The molecule has 0 fully saturated rings. The van der Waals surface area contributed by atoms with E-state index in [4.69, 9.17) is 4.74 Å². The third-order valence-corrected chi connectivity index (χ3v) is 3.25. The van der Waals surface area contributed by atoms with E-state index in [0.717, 1.165) is 16.6 Å². The van der Waals surface area contributed by atoms with Crippen molar-refractivity contribution in [3.05, 3.63) is 66.0 Å². The molecule has 0 saturated carbocycles. The predicted octanol–water partition coefficient (Wildman–Crippen LogP) is 3.67. The molecule has 0 aliphatic rings. The van der Waals surface area contributed by atoms with Gasteiger partial charge in [-0.15, -0.1) is 0 Å². The molecule has 4 nitrogen and oxygen atoms in total. The molecule has 0 spiro atoms. The van der Waals surface area contributed by atoms with Gasteiger partial charge in [-0.2, -0.15) is 0 Å². The van der Waals surface area contributed by atoms with E-state index in [9.17, 15) is 4.79 Å². The van der Waals surface area contributed by atoms with Crippen LogP contribution in [0.3, 0.4) is 0 Å². The van der Waals surface area contributed by atoms with Crippen LogP contribution in [-0.4, -0.2) is 22.5 Å². The summed E-state index contributed by atoms with van der Waals surface area (Å²) in [4.78, 5) is 19.9. The monoisotopic (exact) mass is 292 g/mol. The molecule has 0 bridgehead atoms. The summed E-state index contributed by atoms with van der Waals surface area (Å²) in [5.41, 5.74) is 3.05. The van der Waals surface area contributed by atoms with Crippen molar-refractivity contribution in [1.29, 1.82) is 0 Å². The summed E-state index contributed by atoms with van der Waals surface area (Å²) >= 11 is 0. The van der Waals surface area contributed by atoms with E-state index in [1.807, 2.05) is 54.6 Å². The van der Waals surface area contributed by atoms with Crippen molar-refractivity contribution >= 4 is 28.7 Å². The number of nitrogens with zero attached hydrogens (tertiary/aromatic N) is 1. The Labute approximate surface area is 128 Å². The van der Waals surface area contributed by atoms with Crippen LogP contribution in [0.2, 0.25) is 0 Å². The number of benzene rings is 2. The van der Waals surface area contributed by atoms with Crippen molar-refractivity contribution < 1.29 is 9.53 Å². The molecule has 110 valence electrons. The molecule has 4 heteroatoms. The summed E-state index contributed by atoms with van der Waals surface area (Å²) in [5.74, 6) is 0.133. The number of hydrogen-bond acceptors (Lipinski definition) is 3. The Kier molecular flexibility index (Phi) is 4.01. The van der Waals surface area contributed by atoms with Gasteiger partial charge in [0.1, 0.15) is 11.4 Å². The third-order valence-electron chi connectivity index (χ3n) is 3.25. The Morgan fingerprint density at radius 2 is 1.86 bits per heavy atom. The zero-order valence-electron chi connectivity index (χ0n) is 12.2. The molecular formula is C18H16N2O2. The van der Waals surface area contributed by atoms with E-state index in [2.05, 4.69) is 9.97 Å². The fourth-order valence-electron chi connectivity index (χ4n) is 2.23. The van der Waals surface area contributed by atoms with E-state index in [0.29, 0.717) is 18.0 Å². The molecule has 1 aromatic heterocycles. The minimum absolute atomic E-state index is 0.325. The zero-order chi connectivity index (χ0) is 15.4. The van der Waals surface area contributed by atoms with Crippen LogP contribution < -0.4 is 0 Å². The Morgan fingerprint density at radius 3 is 2.59 bits per heavy atom. The Hall–Kier alpha value is -2.88. The van der Waals surface area contributed by atoms with Crippen molar-refractivity contribution in [3.8, 4) is 0 Å². The molecule has 0 amide bonds. The summed E-state index contributed by atoms with van der Waals surface area (Å²) in [6, 6.07) is 17.3. The van der Waals surface area contributed by atoms with Crippen molar-refractivity contribution in [2.24, 2.45) is 0 Å². The number of rotatable bonds is 4. The highest BCUT2D eigenvalue weighted by Gasteiger charge is 2.17. The molecule has 0 aliphatic heterocycles. The Morgan fingerprint density at radius 1 is 1.14 bits per heavy atom. The quantitative estimate of drug-likeness (QED) is 0.589. The van der Waals surface area contributed by atoms with Gasteiger partial charge in [0.05, 0.1) is 17.6 Å². The Balaban J connectivity index is 2.08. The van der Waals surface area contributed by atoms with Gasteiger partial charge < -0.3 is 9.72 Å². The van der Waals surface area contributed by atoms with Gasteiger partial charge in [-0.3, -0.25) is 0 Å². The second-order valence-corrected chi connectivity index (χ2v) is 4.79. The lowest BCUT2D eigenvalue weighted by Gasteiger charge is -2.04. The highest BCUT2D eigenvalue weighted by molar-refractivity contribution is 6.20. The van der Waals surface area contributed by atoms with Crippen LogP contribution in [0, 0.1) is 0 Å². The number of para-hydroxylation sites is 2. The topological polar surface area (TPSA) is 55.0 Å². The van der Waals surface area contributed by atoms with E-state index in [-0.39, 0.29) is 5.97 Å². The molecule has 0 unspecified atom stereocenters. The molecule has 1 heterocycles. The van der Waals surface area contributed by atoms with Gasteiger partial charge in [-0.25, -0.2) is 9.78 Å². The lowest BCUT2D eigenvalue weighted by atomic mass is 10.1. The lowest BCUT2D eigenvalue weighted by Crippen LogP contribution is -2.08. The smallest absolute Gasteiger partial charge is 0.341 e. The molecule has 0 aliphatic carbocycles. The van der Waals surface area contributed by atoms with Gasteiger partial charge in [0.15, 0.2) is 0 Å². The number of aromatic amines is 1. The highest BCUT2D eigenvalue weighted by atomic mass is 16.5. The molecule has 1 N–H and O–H groups in total. The number of nitrogens with one attached hydrogen (secondary N) is 1. The lowest BCUT2D eigenvalue weighted by molar-refractivity contribution is -0.136. The minimum Gasteiger partial charge on any atom is -0.462 e. The van der Waals surface area contributed by atoms with Gasteiger partial charge in [-0.05, 0) is 30.7 Å². The van der Waals surface area contributed by atoms with Crippen LogP contribution in [0.15, 0.2) is 54.6 Å². The van der Waals surface area contributed by atoms with Crippen molar-refractivity contribution in [2.45, 2.75) is 6.92 Å². The molecule has 3 aromatic rings. The molecule has 0 atom stereocenters. The number of fused-ring (bicyclic) bond motifs is 1. The fraction of sp³-hybridized carbons (Fsp3) is 0.111. The number of ether oxygens (including phenoxy) is 1. The molecule has 2 aromatic carbocycles. The summed E-state index contributed by atoms with van der Waals surface area (Å²) in [7, 11) is 0. The van der Waals surface area contributed by atoms with Gasteiger partial charge in [0.2, 0.25) is 0 Å². The van der Waals surface area contributed by atoms with Crippen molar-refractivity contribution in [3.63, 3.8) is 0 Å². The maximum absolute atomic E-state index is 12.3. The molecule has 22 heavy (non-hydrogen) atoms. The highest BCUT2D eigenvalue weighted by Crippen LogP contribution is 2.20. The van der Waals surface area contributed by atoms with Crippen LogP contribution >= 0.6 is 0 Å². The van der Waals surface area contributed by atoms with Crippen LogP contribution in [-0.2, 0) is 9.53 Å². The number of aromatic nitrogens is 2. The standard InChI is InChI=1S/C18H16N2O2/c1-2-22-18(21)14(12-13-8-4-3-5-9-13)17-19-15-10-6-7-11-16(15)20-17/h3-12H,2H2,1H3,(H,19,20). The normalized spacial score (nSPS) is 11.6. The molecule has 0 saturated heterocycles. The number of H-pyrrole nitrogens is 1. The number of carbonyl (C=O) groups is 1. The van der Waals surface area contributed by atoms with Crippen molar-refractivity contribution in [2.75, 3.05) is 6.61 Å². The maximum atomic E-state index is 12.3. The van der Waals surface area contributed by atoms with Gasteiger partial charge >= 0.3 is 5.97 Å². The summed E-state index contributed by atoms with van der Waals surface area (Å²) in [5, 5.41) is 0. The maximum Gasteiger partial charge on any atom is 0.341 e. The van der Waals surface area contributed by atoms with Crippen LogP contribution in [0.4, 0.5) is 0 Å². The number of imidazole rings is 1. The average Bonchev–Trinajstić information content (AvgIpc) is 2.97. The van der Waals surface area contributed by atoms with E-state index in [1.54, 1.807) is 13.0 Å². The summed E-state index contributed by atoms with van der Waals surface area (Å²) in [6.07, 6.45) is 1.79. The first-order valence-electron chi connectivity index (χ1n) is 7.17. The average molecular weight is 292 g/mol. The van der Waals surface area contributed by atoms with Crippen LogP contribution in [0.1, 0.15) is 18.3 Å². The Bertz CT molecular complexity index is 786. The van der Waals surface area contributed by atoms with E-state index >= 15 is 0 Å². The van der Waals surface area contributed by atoms with Gasteiger partial charge in [0.25, 0.3) is 0 Å². The van der Waals surface area contributed by atoms with Gasteiger partial charge in [-0.1, -0.05) is 42.5 Å². The molecule has 0 radical (unpaired) electrons. The summed E-state index contributed by atoms with van der Waals surface area (Å²) in [6.45, 7) is 2.11. The predicted molar refractivity (Wildman–Crippen MR) is 87.0 cm³/mol. The molecular weight excluding hydrogens is 276 g/mol. The summed E-state index contributed by atoms with van der Waals surface area (Å²) < 4.78 is 5.16. The second kappa shape index (κ2) is 6.26. The van der Waals surface area contributed by atoms with E-state index in [1.165, 1.54) is 0 Å². The van der Waals surface area contributed by atoms with Gasteiger partial charge in [0, 0.05) is 0 Å². The first kappa shape index (κ1) is 14.1. The largest absolute Gasteiger partial charge is 0.462 e. The zero-order valence-corrected chi connectivity index (χ0v) is 12.2. The first-order valence-corrected chi connectivity index (χ1v) is 7.17. The van der Waals surface area contributed by atoms with Crippen molar-refractivity contribution in [1.82, 2.24) is 9.97 Å². The van der Waals surface area contributed by atoms with Crippen LogP contribution in [0.5, 0.6) is 0 Å². The second-order valence-electron chi connectivity index (χ2n) is 4.79. The SMILES string of the molecule is CCOC(=O)C(=Cc1ccccc1)c1nc2ccccc2[nH]1. The minimum atomic E-state index is -0.384. The number of hydrogen-bond donors (Lipinski definition) is 1. The molecule has 3 rings (SSSR count). The van der Waals surface area contributed by atoms with E-state index < -0.39 is 0 Å². The fourth-order valence-corrected chi connectivity index (χ4v) is 2.23. The number of esters is 1. The first-order chi connectivity index (χ1) is 10.8.